The smallest absolute Gasteiger partial charge is 0.275 e. The first-order valence-corrected chi connectivity index (χ1v) is 9.22. The van der Waals surface area contributed by atoms with Crippen LogP contribution in [0.1, 0.15) is 11.6 Å². The van der Waals surface area contributed by atoms with E-state index >= 15 is 0 Å². The van der Waals surface area contributed by atoms with Gasteiger partial charge >= 0.3 is 0 Å². The second-order valence-corrected chi connectivity index (χ2v) is 6.99. The van der Waals surface area contributed by atoms with E-state index in [9.17, 15) is 9.59 Å². The molecule has 3 aromatic rings. The molecule has 1 atom stereocenters. The number of amides is 1. The van der Waals surface area contributed by atoms with E-state index in [0.717, 1.165) is 10.9 Å². The van der Waals surface area contributed by atoms with Gasteiger partial charge in [0.2, 0.25) is 5.91 Å². The van der Waals surface area contributed by atoms with Gasteiger partial charge < -0.3 is 10.2 Å². The van der Waals surface area contributed by atoms with Crippen LogP contribution in [0.4, 0.5) is 0 Å². The fourth-order valence-electron chi connectivity index (χ4n) is 3.47. The highest BCUT2D eigenvalue weighted by Crippen LogP contribution is 2.25. The number of fused-ring (bicyclic) bond motifs is 1. The lowest BCUT2D eigenvalue weighted by atomic mass is 10.0. The molecule has 1 unspecified atom stereocenters. The van der Waals surface area contributed by atoms with Gasteiger partial charge in [0.05, 0.1) is 17.6 Å². The zero-order valence-electron chi connectivity index (χ0n) is 14.6. The number of nitrogens with zero attached hydrogens (tertiary/aromatic N) is 3. The van der Waals surface area contributed by atoms with Gasteiger partial charge in [-0.15, -0.1) is 0 Å². The van der Waals surface area contributed by atoms with Crippen LogP contribution in [0.2, 0.25) is 5.02 Å². The molecule has 0 bridgehead atoms. The number of aromatic nitrogens is 2. The predicted octanol–water partition coefficient (Wildman–Crippen LogP) is 2.22. The number of piperazine rings is 1. The van der Waals surface area contributed by atoms with Crippen molar-refractivity contribution in [3.05, 3.63) is 75.7 Å². The van der Waals surface area contributed by atoms with E-state index in [-0.39, 0.29) is 24.1 Å². The van der Waals surface area contributed by atoms with Gasteiger partial charge in [-0.2, -0.15) is 5.10 Å². The molecule has 0 aliphatic carbocycles. The molecule has 27 heavy (non-hydrogen) atoms. The maximum Gasteiger partial charge on any atom is 0.275 e. The van der Waals surface area contributed by atoms with Crippen LogP contribution in [-0.4, -0.2) is 40.2 Å². The van der Waals surface area contributed by atoms with E-state index in [1.807, 2.05) is 36.4 Å². The van der Waals surface area contributed by atoms with Crippen LogP contribution in [0.15, 0.2) is 59.5 Å². The van der Waals surface area contributed by atoms with Crippen LogP contribution >= 0.6 is 11.6 Å². The Hall–Kier alpha value is -2.70. The minimum Gasteiger partial charge on any atom is -0.331 e. The normalized spacial score (nSPS) is 17.2. The standard InChI is InChI=1S/C20H19ClN4O2/c21-16-6-3-5-14(10-16)18-12-22-8-9-24(18)19(26)13-25-20(27)17-7-2-1-4-15(17)11-23-25/h1-7,10-11,18,22H,8-9,12-13H2. The molecule has 7 heteroatoms. The first-order chi connectivity index (χ1) is 13.1. The van der Waals surface area contributed by atoms with Crippen LogP contribution in [-0.2, 0) is 11.3 Å². The number of hydrogen-bond donors (Lipinski definition) is 1. The number of nitrogens with one attached hydrogen (secondary N) is 1. The largest absolute Gasteiger partial charge is 0.331 e. The second kappa shape index (κ2) is 7.50. The second-order valence-electron chi connectivity index (χ2n) is 6.56. The molecule has 2 heterocycles. The number of carbonyl (C=O) groups excluding carboxylic acids is 1. The Morgan fingerprint density at radius 2 is 2.07 bits per heavy atom. The molecule has 1 N–H and O–H groups in total. The Labute approximate surface area is 161 Å². The zero-order chi connectivity index (χ0) is 18.8. The van der Waals surface area contributed by atoms with Gasteiger partial charge in [0.1, 0.15) is 6.54 Å². The molecule has 1 saturated heterocycles. The minimum absolute atomic E-state index is 0.0826. The van der Waals surface area contributed by atoms with Crippen molar-refractivity contribution >= 4 is 28.3 Å². The van der Waals surface area contributed by atoms with E-state index in [1.165, 1.54) is 4.68 Å². The summed E-state index contributed by atoms with van der Waals surface area (Å²) >= 11 is 6.12. The third-order valence-corrected chi connectivity index (χ3v) is 5.08. The first kappa shape index (κ1) is 17.7. The van der Waals surface area contributed by atoms with E-state index in [0.29, 0.717) is 30.0 Å². The highest BCUT2D eigenvalue weighted by molar-refractivity contribution is 6.30. The maximum absolute atomic E-state index is 13.0. The topological polar surface area (TPSA) is 67.2 Å². The highest BCUT2D eigenvalue weighted by Gasteiger charge is 2.28. The fraction of sp³-hybridized carbons (Fsp3) is 0.250. The van der Waals surface area contributed by atoms with Crippen molar-refractivity contribution in [3.63, 3.8) is 0 Å². The summed E-state index contributed by atoms with van der Waals surface area (Å²) < 4.78 is 1.24. The Kier molecular flexibility index (Phi) is 4.92. The summed E-state index contributed by atoms with van der Waals surface area (Å²) in [5.41, 5.74) is 0.720. The molecule has 0 saturated carbocycles. The van der Waals surface area contributed by atoms with Crippen LogP contribution in [0.25, 0.3) is 10.8 Å². The monoisotopic (exact) mass is 382 g/mol. The van der Waals surface area contributed by atoms with Gasteiger partial charge in [0.15, 0.2) is 0 Å². The molecule has 1 aliphatic heterocycles. The summed E-state index contributed by atoms with van der Waals surface area (Å²) in [5, 5.41) is 9.46. The lowest BCUT2D eigenvalue weighted by Crippen LogP contribution is -2.50. The van der Waals surface area contributed by atoms with Crippen molar-refractivity contribution < 1.29 is 4.79 Å². The quantitative estimate of drug-likeness (QED) is 0.754. The van der Waals surface area contributed by atoms with Crippen molar-refractivity contribution in [2.45, 2.75) is 12.6 Å². The number of halogens is 1. The van der Waals surface area contributed by atoms with E-state index in [4.69, 9.17) is 11.6 Å². The number of benzene rings is 2. The van der Waals surface area contributed by atoms with Crippen molar-refractivity contribution in [3.8, 4) is 0 Å². The molecule has 6 nitrogen and oxygen atoms in total. The summed E-state index contributed by atoms with van der Waals surface area (Å²) in [6.07, 6.45) is 1.62. The fourth-order valence-corrected chi connectivity index (χ4v) is 3.67. The average molecular weight is 383 g/mol. The van der Waals surface area contributed by atoms with Crippen LogP contribution < -0.4 is 10.9 Å². The van der Waals surface area contributed by atoms with Gasteiger partial charge in [0, 0.05) is 30.0 Å². The Morgan fingerprint density at radius 3 is 2.93 bits per heavy atom. The van der Waals surface area contributed by atoms with E-state index in [1.54, 1.807) is 23.2 Å². The molecular formula is C20H19ClN4O2. The molecule has 138 valence electrons. The summed E-state index contributed by atoms with van der Waals surface area (Å²) in [4.78, 5) is 27.4. The third kappa shape index (κ3) is 3.59. The third-order valence-electron chi connectivity index (χ3n) is 4.84. The molecule has 1 fully saturated rings. The number of rotatable bonds is 3. The Bertz CT molecular complexity index is 1050. The van der Waals surface area contributed by atoms with Gasteiger partial charge in [-0.3, -0.25) is 9.59 Å². The minimum atomic E-state index is -0.254. The van der Waals surface area contributed by atoms with Crippen molar-refractivity contribution in [2.75, 3.05) is 19.6 Å². The lowest BCUT2D eigenvalue weighted by Gasteiger charge is -2.36. The predicted molar refractivity (Wildman–Crippen MR) is 105 cm³/mol. The summed E-state index contributed by atoms with van der Waals surface area (Å²) in [5.74, 6) is -0.133. The molecular weight excluding hydrogens is 364 g/mol. The van der Waals surface area contributed by atoms with Crippen molar-refractivity contribution in [2.24, 2.45) is 0 Å². The summed E-state index contributed by atoms with van der Waals surface area (Å²) in [6.45, 7) is 1.84. The summed E-state index contributed by atoms with van der Waals surface area (Å²) in [6, 6.07) is 14.7. The Morgan fingerprint density at radius 1 is 1.22 bits per heavy atom. The molecule has 1 aromatic heterocycles. The molecule has 1 aliphatic rings. The summed E-state index contributed by atoms with van der Waals surface area (Å²) in [7, 11) is 0. The number of carbonyl (C=O) groups is 1. The molecule has 1 amide bonds. The van der Waals surface area contributed by atoms with Crippen LogP contribution in [0.3, 0.4) is 0 Å². The van der Waals surface area contributed by atoms with Crippen molar-refractivity contribution in [1.82, 2.24) is 20.0 Å². The average Bonchev–Trinajstić information content (AvgIpc) is 2.70. The van der Waals surface area contributed by atoms with Gasteiger partial charge in [-0.1, -0.05) is 41.9 Å². The Balaban J connectivity index is 1.61. The highest BCUT2D eigenvalue weighted by atomic mass is 35.5. The number of hydrogen-bond acceptors (Lipinski definition) is 4. The first-order valence-electron chi connectivity index (χ1n) is 8.84. The van der Waals surface area contributed by atoms with Crippen molar-refractivity contribution in [1.29, 1.82) is 0 Å². The van der Waals surface area contributed by atoms with E-state index in [2.05, 4.69) is 10.4 Å². The zero-order valence-corrected chi connectivity index (χ0v) is 15.4. The SMILES string of the molecule is O=C(Cn1ncc2ccccc2c1=O)N1CCNCC1c1cccc(Cl)c1. The maximum atomic E-state index is 13.0. The van der Waals surface area contributed by atoms with Gasteiger partial charge in [0.25, 0.3) is 5.56 Å². The van der Waals surface area contributed by atoms with Crippen LogP contribution in [0.5, 0.6) is 0 Å². The van der Waals surface area contributed by atoms with Gasteiger partial charge in [-0.25, -0.2) is 4.68 Å². The molecule has 0 spiro atoms. The molecule has 2 aromatic carbocycles. The van der Waals surface area contributed by atoms with Gasteiger partial charge in [-0.05, 0) is 23.8 Å². The molecule has 4 rings (SSSR count). The lowest BCUT2D eigenvalue weighted by molar-refractivity contribution is -0.135. The van der Waals surface area contributed by atoms with Crippen LogP contribution in [0, 0.1) is 0 Å². The van der Waals surface area contributed by atoms with E-state index < -0.39 is 0 Å². The molecule has 0 radical (unpaired) electrons.